The highest BCUT2D eigenvalue weighted by molar-refractivity contribution is 7.11. The van der Waals surface area contributed by atoms with Crippen molar-refractivity contribution in [3.63, 3.8) is 0 Å². The third kappa shape index (κ3) is 2.98. The molecule has 1 aromatic rings. The van der Waals surface area contributed by atoms with Gasteiger partial charge in [-0.25, -0.2) is 0 Å². The summed E-state index contributed by atoms with van der Waals surface area (Å²) in [5.41, 5.74) is 0. The molecule has 1 rings (SSSR count). The van der Waals surface area contributed by atoms with Crippen molar-refractivity contribution >= 4 is 11.3 Å². The second-order valence-corrected chi connectivity index (χ2v) is 4.43. The molecular weight excluding hydrogens is 164 g/mol. The lowest BCUT2D eigenvalue weighted by Crippen LogP contribution is -1.78. The summed E-state index contributed by atoms with van der Waals surface area (Å²) in [7, 11) is 0. The highest BCUT2D eigenvalue weighted by Crippen LogP contribution is 2.18. The van der Waals surface area contributed by atoms with E-state index < -0.39 is 0 Å². The predicted molar refractivity (Wildman–Crippen MR) is 56.9 cm³/mol. The molecule has 0 radical (unpaired) electrons. The molecular formula is C11H18S. The highest BCUT2D eigenvalue weighted by Gasteiger charge is 1.97. The van der Waals surface area contributed by atoms with E-state index in [0.29, 0.717) is 0 Å². The zero-order chi connectivity index (χ0) is 8.81. The van der Waals surface area contributed by atoms with E-state index >= 15 is 0 Å². The summed E-state index contributed by atoms with van der Waals surface area (Å²) in [6, 6.07) is 4.56. The molecule has 12 heavy (non-hydrogen) atoms. The van der Waals surface area contributed by atoms with E-state index in [1.807, 2.05) is 11.3 Å². The molecule has 1 heteroatoms. The number of rotatable bonds is 5. The maximum atomic E-state index is 2.29. The Morgan fingerprint density at radius 1 is 1.08 bits per heavy atom. The molecule has 0 fully saturated rings. The Kier molecular flexibility index (Phi) is 4.37. The van der Waals surface area contributed by atoms with Gasteiger partial charge in [-0.1, -0.05) is 26.7 Å². The van der Waals surface area contributed by atoms with Crippen molar-refractivity contribution in [2.75, 3.05) is 0 Å². The van der Waals surface area contributed by atoms with Gasteiger partial charge in [0, 0.05) is 9.75 Å². The van der Waals surface area contributed by atoms with Crippen LogP contribution in [-0.2, 0) is 12.8 Å². The van der Waals surface area contributed by atoms with Gasteiger partial charge < -0.3 is 0 Å². The molecule has 0 spiro atoms. The van der Waals surface area contributed by atoms with Crippen LogP contribution in [0.4, 0.5) is 0 Å². The van der Waals surface area contributed by atoms with Crippen molar-refractivity contribution in [2.45, 2.75) is 46.0 Å². The van der Waals surface area contributed by atoms with Crippen LogP contribution in [-0.4, -0.2) is 0 Å². The summed E-state index contributed by atoms with van der Waals surface area (Å²) < 4.78 is 0. The van der Waals surface area contributed by atoms with Gasteiger partial charge in [0.25, 0.3) is 0 Å². The Bertz CT molecular complexity index is 213. The van der Waals surface area contributed by atoms with Crippen LogP contribution in [0.1, 0.15) is 42.9 Å². The van der Waals surface area contributed by atoms with E-state index in [1.54, 1.807) is 4.88 Å². The van der Waals surface area contributed by atoms with Crippen LogP contribution >= 0.6 is 11.3 Å². The van der Waals surface area contributed by atoms with E-state index in [4.69, 9.17) is 0 Å². The van der Waals surface area contributed by atoms with E-state index in [-0.39, 0.29) is 0 Å². The van der Waals surface area contributed by atoms with Crippen LogP contribution in [0.15, 0.2) is 12.1 Å². The van der Waals surface area contributed by atoms with Gasteiger partial charge in [0.2, 0.25) is 0 Å². The summed E-state index contributed by atoms with van der Waals surface area (Å²) in [6.07, 6.45) is 6.54. The number of hydrogen-bond donors (Lipinski definition) is 0. The zero-order valence-corrected chi connectivity index (χ0v) is 8.91. The fourth-order valence-electron chi connectivity index (χ4n) is 1.30. The molecule has 0 unspecified atom stereocenters. The molecule has 0 aliphatic carbocycles. The Morgan fingerprint density at radius 3 is 2.42 bits per heavy atom. The van der Waals surface area contributed by atoms with Gasteiger partial charge in [-0.2, -0.15) is 0 Å². The molecule has 0 nitrogen and oxygen atoms in total. The number of hydrogen-bond acceptors (Lipinski definition) is 1. The second-order valence-electron chi connectivity index (χ2n) is 3.18. The quantitative estimate of drug-likeness (QED) is 0.603. The van der Waals surface area contributed by atoms with Crippen LogP contribution in [0, 0.1) is 0 Å². The molecule has 0 saturated heterocycles. The molecule has 0 N–H and O–H groups in total. The van der Waals surface area contributed by atoms with Crippen molar-refractivity contribution in [2.24, 2.45) is 0 Å². The predicted octanol–water partition coefficient (Wildman–Crippen LogP) is 4.04. The van der Waals surface area contributed by atoms with Crippen molar-refractivity contribution in [3.8, 4) is 0 Å². The molecule has 1 heterocycles. The molecule has 68 valence electrons. The Labute approximate surface area is 79.6 Å². The van der Waals surface area contributed by atoms with Gasteiger partial charge in [0.1, 0.15) is 0 Å². The van der Waals surface area contributed by atoms with Crippen molar-refractivity contribution < 1.29 is 0 Å². The van der Waals surface area contributed by atoms with Crippen molar-refractivity contribution in [1.29, 1.82) is 0 Å². The van der Waals surface area contributed by atoms with Crippen LogP contribution in [0.2, 0.25) is 0 Å². The van der Waals surface area contributed by atoms with Crippen LogP contribution in [0.25, 0.3) is 0 Å². The first kappa shape index (κ1) is 9.79. The molecule has 1 aromatic heterocycles. The molecule has 0 aliphatic rings. The van der Waals surface area contributed by atoms with Gasteiger partial charge in [0.15, 0.2) is 0 Å². The Balaban J connectivity index is 2.31. The van der Waals surface area contributed by atoms with E-state index in [0.717, 1.165) is 0 Å². The van der Waals surface area contributed by atoms with Crippen molar-refractivity contribution in [1.82, 2.24) is 0 Å². The lowest BCUT2D eigenvalue weighted by Gasteiger charge is -1.94. The molecule has 0 aliphatic heterocycles. The minimum atomic E-state index is 1.19. The standard InChI is InChI=1S/C11H18S/c1-3-5-6-7-11-9-8-10(4-2)12-11/h8-9H,3-7H2,1-2H3. The Morgan fingerprint density at radius 2 is 1.83 bits per heavy atom. The minimum absolute atomic E-state index is 1.19. The van der Waals surface area contributed by atoms with Gasteiger partial charge in [0.05, 0.1) is 0 Å². The SMILES string of the molecule is CCCCCc1ccc(CC)s1. The molecule has 0 amide bonds. The molecule has 0 bridgehead atoms. The number of aryl methyl sites for hydroxylation is 2. The third-order valence-corrected chi connectivity index (χ3v) is 3.38. The topological polar surface area (TPSA) is 0 Å². The summed E-state index contributed by atoms with van der Waals surface area (Å²) >= 11 is 1.98. The lowest BCUT2D eigenvalue weighted by atomic mass is 10.2. The lowest BCUT2D eigenvalue weighted by molar-refractivity contribution is 0.722. The van der Waals surface area contributed by atoms with Gasteiger partial charge >= 0.3 is 0 Å². The smallest absolute Gasteiger partial charge is 0.00481 e. The first-order chi connectivity index (χ1) is 5.86. The summed E-state index contributed by atoms with van der Waals surface area (Å²) in [5.74, 6) is 0. The maximum absolute atomic E-state index is 2.29. The van der Waals surface area contributed by atoms with E-state index in [9.17, 15) is 0 Å². The second kappa shape index (κ2) is 5.36. The van der Waals surface area contributed by atoms with Gasteiger partial charge in [-0.3, -0.25) is 0 Å². The average molecular weight is 182 g/mol. The summed E-state index contributed by atoms with van der Waals surface area (Å²) in [4.78, 5) is 3.10. The Hall–Kier alpha value is -0.300. The van der Waals surface area contributed by atoms with Gasteiger partial charge in [-0.15, -0.1) is 11.3 Å². The summed E-state index contributed by atoms with van der Waals surface area (Å²) in [5, 5.41) is 0. The van der Waals surface area contributed by atoms with Crippen LogP contribution in [0.5, 0.6) is 0 Å². The molecule has 0 atom stereocenters. The number of unbranched alkanes of at least 4 members (excludes halogenated alkanes) is 2. The first-order valence-corrected chi connectivity index (χ1v) is 5.76. The average Bonchev–Trinajstić information content (AvgIpc) is 2.53. The van der Waals surface area contributed by atoms with Crippen LogP contribution < -0.4 is 0 Å². The molecule has 0 aromatic carbocycles. The highest BCUT2D eigenvalue weighted by atomic mass is 32.1. The zero-order valence-electron chi connectivity index (χ0n) is 8.10. The minimum Gasteiger partial charge on any atom is -0.145 e. The molecule has 0 saturated carbocycles. The van der Waals surface area contributed by atoms with E-state index in [1.165, 1.54) is 37.0 Å². The fourth-order valence-corrected chi connectivity index (χ4v) is 2.30. The fraction of sp³-hybridized carbons (Fsp3) is 0.636. The maximum Gasteiger partial charge on any atom is 0.00481 e. The van der Waals surface area contributed by atoms with Crippen molar-refractivity contribution in [3.05, 3.63) is 21.9 Å². The largest absolute Gasteiger partial charge is 0.145 e. The third-order valence-electron chi connectivity index (χ3n) is 2.09. The van der Waals surface area contributed by atoms with E-state index in [2.05, 4.69) is 26.0 Å². The number of thiophene rings is 1. The first-order valence-electron chi connectivity index (χ1n) is 4.94. The summed E-state index contributed by atoms with van der Waals surface area (Å²) in [6.45, 7) is 4.48. The normalized spacial score (nSPS) is 10.5. The van der Waals surface area contributed by atoms with Crippen LogP contribution in [0.3, 0.4) is 0 Å². The van der Waals surface area contributed by atoms with Gasteiger partial charge in [-0.05, 0) is 31.4 Å². The monoisotopic (exact) mass is 182 g/mol.